The number of nitrogens with two attached hydrogens (primary N) is 1. The molecule has 2 rings (SSSR count). The Bertz CT molecular complexity index is 414. The zero-order chi connectivity index (χ0) is 14.9. The van der Waals surface area contributed by atoms with E-state index in [-0.39, 0.29) is 6.09 Å². The molecule has 4 heteroatoms. The van der Waals surface area contributed by atoms with E-state index in [2.05, 4.69) is 0 Å². The molecule has 0 aromatic heterocycles. The number of benzene rings is 1. The second-order valence-electron chi connectivity index (χ2n) is 5.76. The minimum absolute atomic E-state index is 0.181. The first kappa shape index (κ1) is 15.8. The highest BCUT2D eigenvalue weighted by atomic mass is 16.6. The van der Waals surface area contributed by atoms with Crippen molar-refractivity contribution >= 4 is 6.09 Å². The Morgan fingerprint density at radius 1 is 1.19 bits per heavy atom. The summed E-state index contributed by atoms with van der Waals surface area (Å²) in [5.41, 5.74) is 6.55. The van der Waals surface area contributed by atoms with Crippen molar-refractivity contribution in [3.05, 3.63) is 35.9 Å². The van der Waals surface area contributed by atoms with Crippen LogP contribution in [0.2, 0.25) is 0 Å². The van der Waals surface area contributed by atoms with Gasteiger partial charge in [-0.2, -0.15) is 0 Å². The van der Waals surface area contributed by atoms with Crippen LogP contribution in [0.1, 0.15) is 37.7 Å². The number of ether oxygens (including phenoxy) is 1. The molecule has 0 radical (unpaired) electrons. The molecule has 116 valence electrons. The van der Waals surface area contributed by atoms with Crippen LogP contribution in [0.4, 0.5) is 4.79 Å². The lowest BCUT2D eigenvalue weighted by molar-refractivity contribution is 0.0813. The van der Waals surface area contributed by atoms with E-state index < -0.39 is 0 Å². The van der Waals surface area contributed by atoms with E-state index in [0.29, 0.717) is 6.61 Å². The molecule has 1 amide bonds. The normalized spacial score (nSPS) is 16.0. The quantitative estimate of drug-likeness (QED) is 0.819. The van der Waals surface area contributed by atoms with Gasteiger partial charge in [0.05, 0.1) is 0 Å². The summed E-state index contributed by atoms with van der Waals surface area (Å²) >= 11 is 0. The highest BCUT2D eigenvalue weighted by Crippen LogP contribution is 2.23. The number of amides is 1. The average Bonchev–Trinajstić information content (AvgIpc) is 2.54. The lowest BCUT2D eigenvalue weighted by Gasteiger charge is -2.31. The summed E-state index contributed by atoms with van der Waals surface area (Å²) < 4.78 is 5.37. The molecule has 21 heavy (non-hydrogen) atoms. The maximum Gasteiger partial charge on any atom is 0.410 e. The Balaban J connectivity index is 1.66. The van der Waals surface area contributed by atoms with Crippen molar-refractivity contribution in [1.82, 2.24) is 4.90 Å². The highest BCUT2D eigenvalue weighted by molar-refractivity contribution is 5.67. The van der Waals surface area contributed by atoms with E-state index in [1.54, 1.807) is 0 Å². The molecule has 1 saturated heterocycles. The van der Waals surface area contributed by atoms with Crippen LogP contribution >= 0.6 is 0 Å². The van der Waals surface area contributed by atoms with Gasteiger partial charge in [-0.25, -0.2) is 4.79 Å². The molecule has 0 bridgehead atoms. The van der Waals surface area contributed by atoms with Crippen LogP contribution in [0, 0.1) is 5.92 Å². The van der Waals surface area contributed by atoms with Crippen LogP contribution in [0.25, 0.3) is 0 Å². The van der Waals surface area contributed by atoms with E-state index in [0.717, 1.165) is 50.4 Å². The maximum absolute atomic E-state index is 12.0. The standard InChI is InChI=1S/C17H26N2O2/c18-11-5-4-6-15-9-12-19(13-10-15)17(20)21-14-16-7-2-1-3-8-16/h1-3,7-8,15H,4-6,9-14,18H2. The first-order valence-corrected chi connectivity index (χ1v) is 7.95. The molecule has 0 atom stereocenters. The number of unbranched alkanes of at least 4 members (excludes halogenated alkanes) is 1. The fourth-order valence-electron chi connectivity index (χ4n) is 2.79. The molecule has 1 aromatic carbocycles. The summed E-state index contributed by atoms with van der Waals surface area (Å²) in [6.45, 7) is 2.78. The van der Waals surface area contributed by atoms with Gasteiger partial charge >= 0.3 is 6.09 Å². The number of rotatable bonds is 6. The largest absolute Gasteiger partial charge is 0.445 e. The predicted octanol–water partition coefficient (Wildman–Crippen LogP) is 3.16. The molecule has 0 aliphatic carbocycles. The molecule has 1 aliphatic heterocycles. The number of hydrogen-bond donors (Lipinski definition) is 1. The average molecular weight is 290 g/mol. The van der Waals surface area contributed by atoms with Gasteiger partial charge in [0, 0.05) is 13.1 Å². The zero-order valence-corrected chi connectivity index (χ0v) is 12.7. The van der Waals surface area contributed by atoms with Gasteiger partial charge in [0.1, 0.15) is 6.61 Å². The zero-order valence-electron chi connectivity index (χ0n) is 12.7. The fourth-order valence-corrected chi connectivity index (χ4v) is 2.79. The monoisotopic (exact) mass is 290 g/mol. The van der Waals surface area contributed by atoms with Gasteiger partial charge < -0.3 is 15.4 Å². The first-order chi connectivity index (χ1) is 10.3. The second-order valence-corrected chi connectivity index (χ2v) is 5.76. The number of nitrogens with zero attached hydrogens (tertiary/aromatic N) is 1. The lowest BCUT2D eigenvalue weighted by atomic mass is 9.92. The summed E-state index contributed by atoms with van der Waals surface area (Å²) in [4.78, 5) is 13.9. The lowest BCUT2D eigenvalue weighted by Crippen LogP contribution is -2.38. The molecule has 1 fully saturated rings. The maximum atomic E-state index is 12.0. The van der Waals surface area contributed by atoms with E-state index in [9.17, 15) is 4.79 Å². The Morgan fingerprint density at radius 3 is 2.57 bits per heavy atom. The van der Waals surface area contributed by atoms with Crippen molar-refractivity contribution in [1.29, 1.82) is 0 Å². The molecule has 1 aromatic rings. The van der Waals surface area contributed by atoms with E-state index in [1.807, 2.05) is 35.2 Å². The van der Waals surface area contributed by atoms with Crippen LogP contribution in [0.5, 0.6) is 0 Å². The topological polar surface area (TPSA) is 55.6 Å². The number of carbonyl (C=O) groups is 1. The first-order valence-electron chi connectivity index (χ1n) is 7.95. The Labute approximate surface area is 127 Å². The summed E-state index contributed by atoms with van der Waals surface area (Å²) in [5, 5.41) is 0. The third-order valence-electron chi connectivity index (χ3n) is 4.14. The van der Waals surface area contributed by atoms with Gasteiger partial charge in [-0.1, -0.05) is 43.2 Å². The van der Waals surface area contributed by atoms with Crippen molar-refractivity contribution in [2.75, 3.05) is 19.6 Å². The van der Waals surface area contributed by atoms with Gasteiger partial charge in [-0.05, 0) is 37.3 Å². The molecule has 2 N–H and O–H groups in total. The van der Waals surface area contributed by atoms with Crippen LogP contribution in [0.15, 0.2) is 30.3 Å². The number of piperidine rings is 1. The molecule has 1 aliphatic rings. The second kappa shape index (κ2) is 8.67. The third-order valence-corrected chi connectivity index (χ3v) is 4.14. The molecule has 0 spiro atoms. The highest BCUT2D eigenvalue weighted by Gasteiger charge is 2.23. The molecule has 1 heterocycles. The third kappa shape index (κ3) is 5.38. The van der Waals surface area contributed by atoms with Gasteiger partial charge in [-0.3, -0.25) is 0 Å². The van der Waals surface area contributed by atoms with E-state index >= 15 is 0 Å². The van der Waals surface area contributed by atoms with Crippen LogP contribution in [0.3, 0.4) is 0 Å². The van der Waals surface area contributed by atoms with Crippen LogP contribution in [-0.4, -0.2) is 30.6 Å². The molecule has 4 nitrogen and oxygen atoms in total. The summed E-state index contributed by atoms with van der Waals surface area (Å²) in [5.74, 6) is 0.745. The van der Waals surface area contributed by atoms with Crippen molar-refractivity contribution in [2.45, 2.75) is 38.7 Å². The van der Waals surface area contributed by atoms with Crippen molar-refractivity contribution in [3.63, 3.8) is 0 Å². The van der Waals surface area contributed by atoms with Crippen molar-refractivity contribution < 1.29 is 9.53 Å². The Kier molecular flexibility index (Phi) is 6.54. The smallest absolute Gasteiger partial charge is 0.410 e. The van der Waals surface area contributed by atoms with Crippen LogP contribution < -0.4 is 5.73 Å². The Hall–Kier alpha value is -1.55. The fraction of sp³-hybridized carbons (Fsp3) is 0.588. The summed E-state index contributed by atoms with van der Waals surface area (Å²) in [6.07, 6.45) is 5.55. The molecule has 0 saturated carbocycles. The van der Waals surface area contributed by atoms with Crippen molar-refractivity contribution in [2.24, 2.45) is 11.7 Å². The van der Waals surface area contributed by atoms with Gasteiger partial charge in [-0.15, -0.1) is 0 Å². The van der Waals surface area contributed by atoms with Gasteiger partial charge in [0.2, 0.25) is 0 Å². The minimum Gasteiger partial charge on any atom is -0.445 e. The number of hydrogen-bond acceptors (Lipinski definition) is 3. The van der Waals surface area contributed by atoms with Crippen molar-refractivity contribution in [3.8, 4) is 0 Å². The van der Waals surface area contributed by atoms with E-state index in [1.165, 1.54) is 12.8 Å². The van der Waals surface area contributed by atoms with Crippen LogP contribution in [-0.2, 0) is 11.3 Å². The minimum atomic E-state index is -0.181. The van der Waals surface area contributed by atoms with E-state index in [4.69, 9.17) is 10.5 Å². The summed E-state index contributed by atoms with van der Waals surface area (Å²) in [6, 6.07) is 9.81. The Morgan fingerprint density at radius 2 is 1.90 bits per heavy atom. The van der Waals surface area contributed by atoms with Gasteiger partial charge in [0.25, 0.3) is 0 Å². The molecular weight excluding hydrogens is 264 g/mol. The number of likely N-dealkylation sites (tertiary alicyclic amines) is 1. The predicted molar refractivity (Wildman–Crippen MR) is 83.8 cm³/mol. The van der Waals surface area contributed by atoms with Gasteiger partial charge in [0.15, 0.2) is 0 Å². The SMILES string of the molecule is NCCCCC1CCN(C(=O)OCc2ccccc2)CC1. The molecule has 0 unspecified atom stereocenters. The molecular formula is C17H26N2O2. The number of carbonyl (C=O) groups excluding carboxylic acids is 1. The summed E-state index contributed by atoms with van der Waals surface area (Å²) in [7, 11) is 0.